The fourth-order valence-electron chi connectivity index (χ4n) is 2.79. The van der Waals surface area contributed by atoms with Gasteiger partial charge in [0.15, 0.2) is 13.1 Å². The number of hydrogen-bond donors (Lipinski definition) is 3. The summed E-state index contributed by atoms with van der Waals surface area (Å²) >= 11 is 0. The van der Waals surface area contributed by atoms with Crippen LogP contribution < -0.4 is 25.0 Å². The molecule has 0 heterocycles. The standard InChI is InChI=1S/C21H27N3O4/c1-14-7-6-8-17(15(14)2)22-20(25)12-24(3)13-21(26)23-18-10-9-16(27-4)11-19(18)28-5/h6-11H,12-13H2,1-5H3,(H,22,25)(H,23,26)/p+1. The highest BCUT2D eigenvalue weighted by atomic mass is 16.5. The summed E-state index contributed by atoms with van der Waals surface area (Å²) in [6, 6.07) is 10.9. The van der Waals surface area contributed by atoms with Crippen molar-refractivity contribution in [3.05, 3.63) is 47.5 Å². The second-order valence-electron chi connectivity index (χ2n) is 6.72. The Kier molecular flexibility index (Phi) is 7.40. The van der Waals surface area contributed by atoms with Gasteiger partial charge in [0.25, 0.3) is 11.8 Å². The van der Waals surface area contributed by atoms with E-state index in [1.54, 1.807) is 32.4 Å². The number of ether oxygens (including phenoxy) is 2. The molecule has 0 aromatic heterocycles. The summed E-state index contributed by atoms with van der Waals surface area (Å²) in [5.74, 6) is 0.806. The van der Waals surface area contributed by atoms with Crippen LogP contribution in [0.2, 0.25) is 0 Å². The van der Waals surface area contributed by atoms with Gasteiger partial charge >= 0.3 is 0 Å². The first-order valence-corrected chi connectivity index (χ1v) is 9.03. The van der Waals surface area contributed by atoms with Gasteiger partial charge in [0, 0.05) is 11.8 Å². The van der Waals surface area contributed by atoms with Crippen LogP contribution in [-0.2, 0) is 9.59 Å². The Hall–Kier alpha value is -3.06. The maximum atomic E-state index is 12.3. The van der Waals surface area contributed by atoms with E-state index in [-0.39, 0.29) is 24.9 Å². The number of likely N-dealkylation sites (N-methyl/N-ethyl adjacent to an activating group) is 1. The van der Waals surface area contributed by atoms with Gasteiger partial charge < -0.3 is 25.0 Å². The molecule has 0 bridgehead atoms. The SMILES string of the molecule is COc1ccc(NC(=O)C[NH+](C)CC(=O)Nc2cccc(C)c2C)c(OC)c1. The van der Waals surface area contributed by atoms with Crippen LogP contribution in [0, 0.1) is 13.8 Å². The van der Waals surface area contributed by atoms with Crippen molar-refractivity contribution in [3.63, 3.8) is 0 Å². The summed E-state index contributed by atoms with van der Waals surface area (Å²) in [6.07, 6.45) is 0. The van der Waals surface area contributed by atoms with Crippen molar-refractivity contribution in [2.24, 2.45) is 0 Å². The third-order valence-corrected chi connectivity index (χ3v) is 4.49. The number of carbonyl (C=O) groups excluding carboxylic acids is 2. The second kappa shape index (κ2) is 9.75. The maximum Gasteiger partial charge on any atom is 0.279 e. The highest BCUT2D eigenvalue weighted by Crippen LogP contribution is 2.28. The molecular formula is C21H28N3O4+. The molecule has 7 heteroatoms. The maximum absolute atomic E-state index is 12.3. The van der Waals surface area contributed by atoms with E-state index in [9.17, 15) is 9.59 Å². The second-order valence-corrected chi connectivity index (χ2v) is 6.72. The first-order chi connectivity index (χ1) is 13.3. The lowest BCUT2D eigenvalue weighted by atomic mass is 10.1. The molecule has 2 amide bonds. The van der Waals surface area contributed by atoms with Crippen molar-refractivity contribution < 1.29 is 24.0 Å². The van der Waals surface area contributed by atoms with Crippen LogP contribution in [0.25, 0.3) is 0 Å². The number of benzene rings is 2. The molecule has 0 saturated heterocycles. The molecule has 7 nitrogen and oxygen atoms in total. The molecule has 1 unspecified atom stereocenters. The van der Waals surface area contributed by atoms with Gasteiger partial charge in [-0.25, -0.2) is 0 Å². The lowest BCUT2D eigenvalue weighted by Crippen LogP contribution is -3.11. The smallest absolute Gasteiger partial charge is 0.279 e. The van der Waals surface area contributed by atoms with Gasteiger partial charge in [-0.15, -0.1) is 0 Å². The quantitative estimate of drug-likeness (QED) is 0.641. The number of aryl methyl sites for hydroxylation is 1. The van der Waals surface area contributed by atoms with Crippen LogP contribution in [0.15, 0.2) is 36.4 Å². The van der Waals surface area contributed by atoms with E-state index in [0.29, 0.717) is 17.2 Å². The van der Waals surface area contributed by atoms with Crippen LogP contribution in [0.1, 0.15) is 11.1 Å². The van der Waals surface area contributed by atoms with Gasteiger partial charge in [-0.05, 0) is 43.2 Å². The predicted molar refractivity (Wildman–Crippen MR) is 109 cm³/mol. The van der Waals surface area contributed by atoms with Gasteiger partial charge in [-0.2, -0.15) is 0 Å². The molecular weight excluding hydrogens is 358 g/mol. The molecule has 0 aliphatic carbocycles. The summed E-state index contributed by atoms with van der Waals surface area (Å²) in [5, 5.41) is 5.72. The fourth-order valence-corrected chi connectivity index (χ4v) is 2.79. The minimum atomic E-state index is -0.208. The number of anilines is 2. The first kappa shape index (κ1) is 21.2. The number of hydrogen-bond acceptors (Lipinski definition) is 4. The molecule has 0 aliphatic heterocycles. The van der Waals surface area contributed by atoms with E-state index >= 15 is 0 Å². The monoisotopic (exact) mass is 386 g/mol. The van der Waals surface area contributed by atoms with Crippen LogP contribution >= 0.6 is 0 Å². The Morgan fingerprint density at radius 3 is 2.18 bits per heavy atom. The predicted octanol–water partition coefficient (Wildman–Crippen LogP) is 1.41. The van der Waals surface area contributed by atoms with E-state index < -0.39 is 0 Å². The Bertz CT molecular complexity index is 852. The Balaban J connectivity index is 1.90. The highest BCUT2D eigenvalue weighted by Gasteiger charge is 2.16. The molecule has 1 atom stereocenters. The minimum Gasteiger partial charge on any atom is -0.497 e. The lowest BCUT2D eigenvalue weighted by Gasteiger charge is -2.16. The molecule has 0 saturated carbocycles. The average Bonchev–Trinajstić information content (AvgIpc) is 2.65. The average molecular weight is 386 g/mol. The molecule has 0 radical (unpaired) electrons. The molecule has 0 spiro atoms. The molecule has 2 rings (SSSR count). The largest absolute Gasteiger partial charge is 0.497 e. The Morgan fingerprint density at radius 2 is 1.57 bits per heavy atom. The summed E-state index contributed by atoms with van der Waals surface area (Å²) < 4.78 is 10.4. The van der Waals surface area contributed by atoms with Crippen LogP contribution in [0.5, 0.6) is 11.5 Å². The molecule has 0 fully saturated rings. The van der Waals surface area contributed by atoms with Crippen molar-refractivity contribution >= 4 is 23.2 Å². The molecule has 28 heavy (non-hydrogen) atoms. The van der Waals surface area contributed by atoms with Gasteiger partial charge in [0.05, 0.1) is 27.0 Å². The van der Waals surface area contributed by atoms with Gasteiger partial charge in [-0.1, -0.05) is 12.1 Å². The third kappa shape index (κ3) is 5.72. The topological polar surface area (TPSA) is 81.1 Å². The number of rotatable bonds is 8. The van der Waals surface area contributed by atoms with Gasteiger partial charge in [0.1, 0.15) is 11.5 Å². The van der Waals surface area contributed by atoms with Crippen molar-refractivity contribution in [1.29, 1.82) is 0 Å². The van der Waals surface area contributed by atoms with Gasteiger partial charge in [-0.3, -0.25) is 9.59 Å². The third-order valence-electron chi connectivity index (χ3n) is 4.49. The summed E-state index contributed by atoms with van der Waals surface area (Å²) in [5.41, 5.74) is 3.51. The van der Waals surface area contributed by atoms with E-state index in [4.69, 9.17) is 9.47 Å². The summed E-state index contributed by atoms with van der Waals surface area (Å²) in [6.45, 7) is 4.30. The first-order valence-electron chi connectivity index (χ1n) is 9.03. The van der Waals surface area contributed by atoms with Crippen molar-refractivity contribution in [2.45, 2.75) is 13.8 Å². The van der Waals surface area contributed by atoms with E-state index in [2.05, 4.69) is 10.6 Å². The molecule has 2 aromatic rings. The number of carbonyl (C=O) groups is 2. The van der Waals surface area contributed by atoms with E-state index in [1.807, 2.05) is 32.0 Å². The normalized spacial score (nSPS) is 11.5. The van der Waals surface area contributed by atoms with Crippen LogP contribution in [-0.4, -0.2) is 46.2 Å². The van der Waals surface area contributed by atoms with Crippen LogP contribution in [0.4, 0.5) is 11.4 Å². The van der Waals surface area contributed by atoms with E-state index in [1.165, 1.54) is 7.11 Å². The molecule has 150 valence electrons. The van der Waals surface area contributed by atoms with Gasteiger partial charge in [0.2, 0.25) is 0 Å². The van der Waals surface area contributed by atoms with Crippen molar-refractivity contribution in [3.8, 4) is 11.5 Å². The summed E-state index contributed by atoms with van der Waals surface area (Å²) in [7, 11) is 4.89. The number of nitrogens with one attached hydrogen (secondary N) is 3. The zero-order chi connectivity index (χ0) is 20.7. The number of amides is 2. The van der Waals surface area contributed by atoms with Crippen LogP contribution in [0.3, 0.4) is 0 Å². The Morgan fingerprint density at radius 1 is 0.929 bits per heavy atom. The van der Waals surface area contributed by atoms with E-state index in [0.717, 1.165) is 21.7 Å². The molecule has 0 aliphatic rings. The zero-order valence-corrected chi connectivity index (χ0v) is 17.0. The van der Waals surface area contributed by atoms with Crippen molar-refractivity contribution in [2.75, 3.05) is 45.0 Å². The molecule has 2 aromatic carbocycles. The number of quaternary nitrogens is 1. The fraction of sp³-hybridized carbons (Fsp3) is 0.333. The molecule has 3 N–H and O–H groups in total. The number of methoxy groups -OCH3 is 2. The lowest BCUT2D eigenvalue weighted by molar-refractivity contribution is -0.862. The highest BCUT2D eigenvalue weighted by molar-refractivity contribution is 5.94. The zero-order valence-electron chi connectivity index (χ0n) is 17.0. The summed E-state index contributed by atoms with van der Waals surface area (Å²) in [4.78, 5) is 25.4. The Labute approximate surface area is 165 Å². The minimum absolute atomic E-state index is 0.138. The van der Waals surface area contributed by atoms with Crippen molar-refractivity contribution in [1.82, 2.24) is 0 Å².